The molecular formula is C25H22N2O5S. The number of aromatic amines is 1. The van der Waals surface area contributed by atoms with Crippen LogP contribution in [-0.2, 0) is 6.42 Å². The number of carbonyl (C=O) groups excluding carboxylic acids is 1. The second kappa shape index (κ2) is 10.1. The van der Waals surface area contributed by atoms with Gasteiger partial charge in [0, 0.05) is 21.9 Å². The Labute approximate surface area is 193 Å². The van der Waals surface area contributed by atoms with Crippen molar-refractivity contribution in [3.05, 3.63) is 92.4 Å². The maximum Gasteiger partial charge on any atom is 0.352 e. The van der Waals surface area contributed by atoms with E-state index < -0.39 is 11.4 Å². The quantitative estimate of drug-likeness (QED) is 0.305. The van der Waals surface area contributed by atoms with Gasteiger partial charge in [0.25, 0.3) is 5.91 Å². The van der Waals surface area contributed by atoms with E-state index in [1.165, 1.54) is 4.88 Å². The fourth-order valence-electron chi connectivity index (χ4n) is 3.43. The Morgan fingerprint density at radius 2 is 1.85 bits per heavy atom. The molecule has 0 bridgehead atoms. The number of benzene rings is 2. The van der Waals surface area contributed by atoms with Gasteiger partial charge in [0.1, 0.15) is 11.4 Å². The van der Waals surface area contributed by atoms with E-state index in [1.54, 1.807) is 53.8 Å². The second-order valence-electron chi connectivity index (χ2n) is 7.44. The Kier molecular flexibility index (Phi) is 6.85. The number of amides is 1. The third kappa shape index (κ3) is 5.48. The summed E-state index contributed by atoms with van der Waals surface area (Å²) in [5.74, 6) is -0.952. The molecule has 4 aromatic rings. The van der Waals surface area contributed by atoms with Crippen LogP contribution in [0.15, 0.2) is 70.8 Å². The van der Waals surface area contributed by atoms with Crippen molar-refractivity contribution in [1.82, 2.24) is 4.98 Å². The van der Waals surface area contributed by atoms with Crippen molar-refractivity contribution in [2.75, 3.05) is 11.9 Å². The zero-order valence-corrected chi connectivity index (χ0v) is 18.5. The number of nitrogens with one attached hydrogen (secondary N) is 2. The number of anilines is 1. The minimum absolute atomic E-state index is 0.244. The van der Waals surface area contributed by atoms with Crippen molar-refractivity contribution in [1.29, 1.82) is 0 Å². The Balaban J connectivity index is 1.38. The minimum atomic E-state index is -1.25. The molecule has 0 spiro atoms. The number of ether oxygens (including phenoxy) is 1. The highest BCUT2D eigenvalue weighted by Gasteiger charge is 2.13. The van der Waals surface area contributed by atoms with Crippen LogP contribution >= 0.6 is 11.3 Å². The summed E-state index contributed by atoms with van der Waals surface area (Å²) in [5, 5.41) is 14.3. The van der Waals surface area contributed by atoms with Gasteiger partial charge in [-0.3, -0.25) is 9.59 Å². The Morgan fingerprint density at radius 1 is 1.03 bits per heavy atom. The lowest BCUT2D eigenvalue weighted by Crippen LogP contribution is -2.15. The van der Waals surface area contributed by atoms with Crippen LogP contribution in [0.3, 0.4) is 0 Å². The number of aromatic carboxylic acids is 1. The third-order valence-corrected chi connectivity index (χ3v) is 6.06. The van der Waals surface area contributed by atoms with Gasteiger partial charge < -0.3 is 20.1 Å². The van der Waals surface area contributed by atoms with E-state index in [0.29, 0.717) is 29.0 Å². The normalized spacial score (nSPS) is 10.8. The van der Waals surface area contributed by atoms with Crippen molar-refractivity contribution in [3.8, 4) is 5.75 Å². The SMILES string of the molecule is O=C(Nc1cccc2c(=O)cc(C(=O)O)[nH]c12)c1ccc(OCCCCc2cccs2)cc1. The number of aromatic nitrogens is 1. The zero-order valence-electron chi connectivity index (χ0n) is 17.7. The number of carbonyl (C=O) groups is 2. The number of hydrogen-bond acceptors (Lipinski definition) is 5. The molecule has 0 radical (unpaired) electrons. The first kappa shape index (κ1) is 22.3. The molecule has 0 aliphatic heterocycles. The molecule has 0 aliphatic rings. The average molecular weight is 463 g/mol. The standard InChI is InChI=1S/C25H22N2O5S/c28-22-15-21(25(30)31)26-23-19(22)7-3-8-20(23)27-24(29)16-9-11-17(12-10-16)32-13-2-1-5-18-6-4-14-33-18/h3-4,6-12,14-15H,1-2,5,13H2,(H,26,28)(H,27,29)(H,30,31). The lowest BCUT2D eigenvalue weighted by molar-refractivity contribution is 0.0690. The topological polar surface area (TPSA) is 108 Å². The van der Waals surface area contributed by atoms with Gasteiger partial charge in [0.05, 0.1) is 17.8 Å². The molecule has 8 heteroatoms. The monoisotopic (exact) mass is 462 g/mol. The van der Waals surface area contributed by atoms with Gasteiger partial charge in [-0.1, -0.05) is 12.1 Å². The van der Waals surface area contributed by atoms with E-state index in [9.17, 15) is 19.5 Å². The Hall–Kier alpha value is -3.91. The number of hydrogen-bond donors (Lipinski definition) is 3. The predicted octanol–water partition coefficient (Wildman–Crippen LogP) is 4.94. The van der Waals surface area contributed by atoms with Gasteiger partial charge in [0.15, 0.2) is 5.43 Å². The first-order chi connectivity index (χ1) is 16.0. The van der Waals surface area contributed by atoms with Gasteiger partial charge >= 0.3 is 5.97 Å². The molecule has 3 N–H and O–H groups in total. The molecule has 0 saturated carbocycles. The highest BCUT2D eigenvalue weighted by atomic mass is 32.1. The van der Waals surface area contributed by atoms with Crippen molar-refractivity contribution in [3.63, 3.8) is 0 Å². The second-order valence-corrected chi connectivity index (χ2v) is 8.48. The summed E-state index contributed by atoms with van der Waals surface area (Å²) in [5.41, 5.74) is 0.316. The van der Waals surface area contributed by atoms with Crippen LogP contribution in [0, 0.1) is 0 Å². The summed E-state index contributed by atoms with van der Waals surface area (Å²) in [7, 11) is 0. The number of rotatable bonds is 9. The van der Waals surface area contributed by atoms with E-state index in [0.717, 1.165) is 25.3 Å². The van der Waals surface area contributed by atoms with Crippen LogP contribution < -0.4 is 15.5 Å². The molecule has 0 aliphatic carbocycles. The molecule has 33 heavy (non-hydrogen) atoms. The van der Waals surface area contributed by atoms with E-state index >= 15 is 0 Å². The van der Waals surface area contributed by atoms with Crippen LogP contribution in [0.25, 0.3) is 10.9 Å². The van der Waals surface area contributed by atoms with E-state index in [-0.39, 0.29) is 17.1 Å². The van der Waals surface area contributed by atoms with Crippen molar-refractivity contribution in [2.24, 2.45) is 0 Å². The maximum atomic E-state index is 12.7. The van der Waals surface area contributed by atoms with E-state index in [4.69, 9.17) is 4.74 Å². The van der Waals surface area contributed by atoms with Gasteiger partial charge in [-0.05, 0) is 67.1 Å². The fraction of sp³-hybridized carbons (Fsp3) is 0.160. The van der Waals surface area contributed by atoms with Crippen LogP contribution in [0.1, 0.15) is 38.6 Å². The lowest BCUT2D eigenvalue weighted by atomic mass is 10.1. The highest BCUT2D eigenvalue weighted by Crippen LogP contribution is 2.21. The van der Waals surface area contributed by atoms with Crippen molar-refractivity contribution in [2.45, 2.75) is 19.3 Å². The van der Waals surface area contributed by atoms with Gasteiger partial charge in [0.2, 0.25) is 0 Å². The number of unbranched alkanes of at least 4 members (excludes halogenated alkanes) is 1. The zero-order chi connectivity index (χ0) is 23.2. The number of carboxylic acids is 1. The molecule has 0 atom stereocenters. The number of carboxylic acid groups (broad SMARTS) is 1. The molecule has 1 amide bonds. The summed E-state index contributed by atoms with van der Waals surface area (Å²) in [6.07, 6.45) is 3.04. The van der Waals surface area contributed by atoms with Crippen molar-refractivity contribution < 1.29 is 19.4 Å². The number of H-pyrrole nitrogens is 1. The van der Waals surface area contributed by atoms with Gasteiger partial charge in [-0.2, -0.15) is 0 Å². The molecule has 2 aromatic heterocycles. The molecule has 0 fully saturated rings. The third-order valence-electron chi connectivity index (χ3n) is 5.13. The van der Waals surface area contributed by atoms with Crippen LogP contribution in [0.4, 0.5) is 5.69 Å². The Bertz CT molecular complexity index is 1330. The summed E-state index contributed by atoms with van der Waals surface area (Å²) < 4.78 is 5.76. The molecule has 168 valence electrons. The van der Waals surface area contributed by atoms with E-state index in [1.807, 2.05) is 0 Å². The first-order valence-electron chi connectivity index (χ1n) is 10.5. The summed E-state index contributed by atoms with van der Waals surface area (Å²) >= 11 is 1.76. The number of para-hydroxylation sites is 1. The molecule has 4 rings (SSSR count). The number of pyridine rings is 1. The molecule has 0 unspecified atom stereocenters. The summed E-state index contributed by atoms with van der Waals surface area (Å²) in [6.45, 7) is 0.603. The van der Waals surface area contributed by atoms with Crippen LogP contribution in [0.2, 0.25) is 0 Å². The Morgan fingerprint density at radius 3 is 2.58 bits per heavy atom. The minimum Gasteiger partial charge on any atom is -0.494 e. The van der Waals surface area contributed by atoms with Gasteiger partial charge in [-0.25, -0.2) is 4.79 Å². The fourth-order valence-corrected chi connectivity index (χ4v) is 4.19. The molecule has 2 heterocycles. The van der Waals surface area contributed by atoms with Crippen LogP contribution in [0.5, 0.6) is 5.75 Å². The molecule has 2 aromatic carbocycles. The number of fused-ring (bicyclic) bond motifs is 1. The number of aryl methyl sites for hydroxylation is 1. The highest BCUT2D eigenvalue weighted by molar-refractivity contribution is 7.09. The smallest absolute Gasteiger partial charge is 0.352 e. The molecular weight excluding hydrogens is 440 g/mol. The predicted molar refractivity (Wildman–Crippen MR) is 129 cm³/mol. The largest absolute Gasteiger partial charge is 0.494 e. The van der Waals surface area contributed by atoms with E-state index in [2.05, 4.69) is 27.8 Å². The number of thiophene rings is 1. The maximum absolute atomic E-state index is 12.7. The molecule has 7 nitrogen and oxygen atoms in total. The molecule has 0 saturated heterocycles. The lowest BCUT2D eigenvalue weighted by Gasteiger charge is -2.10. The first-order valence-corrected chi connectivity index (χ1v) is 11.3. The summed E-state index contributed by atoms with van der Waals surface area (Å²) in [4.78, 5) is 40.3. The van der Waals surface area contributed by atoms with Gasteiger partial charge in [-0.15, -0.1) is 11.3 Å². The van der Waals surface area contributed by atoms with Crippen LogP contribution in [-0.4, -0.2) is 28.6 Å². The average Bonchev–Trinajstić information content (AvgIpc) is 3.33. The van der Waals surface area contributed by atoms with Crippen molar-refractivity contribution >= 4 is 39.8 Å². The summed E-state index contributed by atoms with van der Waals surface area (Å²) in [6, 6.07) is 16.8.